The van der Waals surface area contributed by atoms with Crippen LogP contribution in [0.1, 0.15) is 31.8 Å². The molecular weight excluding hydrogens is 371 g/mol. The fourth-order valence-electron chi connectivity index (χ4n) is 1.58. The minimum atomic E-state index is -1.98. The summed E-state index contributed by atoms with van der Waals surface area (Å²) in [5.74, 6) is -0.639. The van der Waals surface area contributed by atoms with Crippen LogP contribution in [0.3, 0.4) is 0 Å². The Hall–Kier alpha value is -2.37. The predicted octanol–water partition coefficient (Wildman–Crippen LogP) is 4.48. The van der Waals surface area contributed by atoms with Gasteiger partial charge in [-0.1, -0.05) is 59.1 Å². The zero-order chi connectivity index (χ0) is 18.2. The van der Waals surface area contributed by atoms with Gasteiger partial charge in [0.1, 0.15) is 6.29 Å². The van der Waals surface area contributed by atoms with Crippen molar-refractivity contribution in [3.8, 4) is 12.1 Å². The van der Waals surface area contributed by atoms with Gasteiger partial charge in [0.2, 0.25) is 5.78 Å². The second-order valence-electron chi connectivity index (χ2n) is 4.37. The molecule has 0 aromatic heterocycles. The van der Waals surface area contributed by atoms with Gasteiger partial charge < -0.3 is 0 Å². The van der Waals surface area contributed by atoms with E-state index in [2.05, 4.69) is 0 Å². The molecule has 0 fully saturated rings. The third-order valence-electron chi connectivity index (χ3n) is 2.66. The maximum Gasteiger partial charge on any atom is 0.253 e. The number of Topliss-reactive ketones (excluding diaryl/α,β-unsaturated/α-hetero) is 1. The monoisotopic (exact) mass is 378 g/mol. The Bertz CT molecular complexity index is 831. The zero-order valence-corrected chi connectivity index (χ0v) is 14.3. The van der Waals surface area contributed by atoms with Gasteiger partial charge in [0.25, 0.3) is 3.79 Å². The van der Waals surface area contributed by atoms with Gasteiger partial charge >= 0.3 is 0 Å². The molecule has 0 heterocycles. The summed E-state index contributed by atoms with van der Waals surface area (Å²) in [6, 6.07) is 16.4. The van der Waals surface area contributed by atoms with E-state index in [9.17, 15) is 9.59 Å². The van der Waals surface area contributed by atoms with Crippen LogP contribution >= 0.6 is 34.8 Å². The number of hydrogen-bond acceptors (Lipinski definition) is 4. The van der Waals surface area contributed by atoms with E-state index in [0.29, 0.717) is 16.7 Å². The van der Waals surface area contributed by atoms with Crippen molar-refractivity contribution in [2.45, 2.75) is 3.79 Å². The van der Waals surface area contributed by atoms with Gasteiger partial charge in [0.15, 0.2) is 0 Å². The molecule has 0 spiro atoms. The Morgan fingerprint density at radius 3 is 2.00 bits per heavy atom. The van der Waals surface area contributed by atoms with Crippen LogP contribution in [0.25, 0.3) is 0 Å². The van der Waals surface area contributed by atoms with Gasteiger partial charge in [-0.05, 0) is 24.3 Å². The van der Waals surface area contributed by atoms with E-state index < -0.39 is 9.58 Å². The van der Waals surface area contributed by atoms with Gasteiger partial charge in [-0.3, -0.25) is 9.59 Å². The van der Waals surface area contributed by atoms with E-state index in [4.69, 9.17) is 45.3 Å². The van der Waals surface area contributed by atoms with Gasteiger partial charge in [-0.2, -0.15) is 10.5 Å². The van der Waals surface area contributed by atoms with Crippen LogP contribution in [-0.2, 0) is 0 Å². The molecule has 0 bridgehead atoms. The lowest BCUT2D eigenvalue weighted by atomic mass is 10.1. The quantitative estimate of drug-likeness (QED) is 0.437. The number of aldehydes is 1. The number of halogens is 3. The molecule has 0 saturated carbocycles. The molecule has 0 aliphatic rings. The summed E-state index contributed by atoms with van der Waals surface area (Å²) in [6.07, 6.45) is 0.723. The first-order valence-electron chi connectivity index (χ1n) is 6.39. The fraction of sp³-hybridized carbons (Fsp3) is 0.0588. The van der Waals surface area contributed by atoms with Crippen molar-refractivity contribution in [2.24, 2.45) is 0 Å². The second kappa shape index (κ2) is 9.05. The first-order valence-corrected chi connectivity index (χ1v) is 7.52. The van der Waals surface area contributed by atoms with E-state index >= 15 is 0 Å². The normalized spacial score (nSPS) is 9.71. The van der Waals surface area contributed by atoms with Crippen molar-refractivity contribution in [3.05, 3.63) is 70.8 Å². The number of carbonyl (C=O) groups excluding carboxylic acids is 2. The number of hydrogen-bond donors (Lipinski definition) is 0. The molecule has 7 heteroatoms. The molecule has 2 aromatic carbocycles. The van der Waals surface area contributed by atoms with Crippen LogP contribution < -0.4 is 0 Å². The van der Waals surface area contributed by atoms with E-state index in [1.54, 1.807) is 36.4 Å². The van der Waals surface area contributed by atoms with Crippen LogP contribution in [0.15, 0.2) is 48.5 Å². The molecule has 0 aliphatic heterocycles. The Morgan fingerprint density at radius 1 is 0.958 bits per heavy atom. The molecule has 0 aliphatic carbocycles. The van der Waals surface area contributed by atoms with Crippen molar-refractivity contribution < 1.29 is 9.59 Å². The summed E-state index contributed by atoms with van der Waals surface area (Å²) in [4.78, 5) is 21.6. The molecule has 4 nitrogen and oxygen atoms in total. The maximum absolute atomic E-state index is 11.4. The Kier molecular flexibility index (Phi) is 7.42. The molecule has 0 saturated heterocycles. The van der Waals surface area contributed by atoms with Crippen LogP contribution in [-0.4, -0.2) is 15.9 Å². The molecule has 0 atom stereocenters. The van der Waals surface area contributed by atoms with E-state index in [1.807, 2.05) is 12.1 Å². The molecule has 0 unspecified atom stereocenters. The van der Waals surface area contributed by atoms with Gasteiger partial charge in [-0.25, -0.2) is 0 Å². The molecule has 120 valence electrons. The summed E-state index contributed by atoms with van der Waals surface area (Å²) in [5, 5.41) is 17.0. The SMILES string of the molecule is N#Cc1cccc(C(=O)C(Cl)(Cl)Cl)c1.N#Cc1cccc(C=O)c1. The highest BCUT2D eigenvalue weighted by Crippen LogP contribution is 2.30. The summed E-state index contributed by atoms with van der Waals surface area (Å²) in [7, 11) is 0. The predicted molar refractivity (Wildman–Crippen MR) is 92.3 cm³/mol. The largest absolute Gasteiger partial charge is 0.298 e. The summed E-state index contributed by atoms with van der Waals surface area (Å²) in [6.45, 7) is 0. The average molecular weight is 380 g/mol. The van der Waals surface area contributed by atoms with Gasteiger partial charge in [0, 0.05) is 11.1 Å². The first-order chi connectivity index (χ1) is 11.3. The standard InChI is InChI=1S/C9H4Cl3NO.C8H5NO/c10-9(11,12)8(14)7-3-1-2-6(4-7)5-13;9-5-7-2-1-3-8(4-7)6-10/h1-4H;1-4,6H. The molecular formula is C17H9Cl3N2O2. The molecule has 24 heavy (non-hydrogen) atoms. The van der Waals surface area contributed by atoms with Crippen molar-refractivity contribution in [1.29, 1.82) is 10.5 Å². The van der Waals surface area contributed by atoms with Crippen LogP contribution in [0.5, 0.6) is 0 Å². The average Bonchev–Trinajstić information content (AvgIpc) is 2.60. The van der Waals surface area contributed by atoms with E-state index in [0.717, 1.165) is 6.29 Å². The lowest BCUT2D eigenvalue weighted by Crippen LogP contribution is -2.18. The molecule has 0 radical (unpaired) electrons. The van der Waals surface area contributed by atoms with E-state index in [1.165, 1.54) is 12.1 Å². The lowest BCUT2D eigenvalue weighted by molar-refractivity contribution is 0.0996. The Morgan fingerprint density at radius 2 is 1.50 bits per heavy atom. The van der Waals surface area contributed by atoms with Crippen LogP contribution in [0.2, 0.25) is 0 Å². The number of nitriles is 2. The van der Waals surface area contributed by atoms with Crippen molar-refractivity contribution >= 4 is 46.9 Å². The fourth-order valence-corrected chi connectivity index (χ4v) is 1.90. The summed E-state index contributed by atoms with van der Waals surface area (Å²) < 4.78 is -1.98. The molecule has 0 N–H and O–H groups in total. The number of alkyl halides is 3. The summed E-state index contributed by atoms with van der Waals surface area (Å²) in [5.41, 5.74) is 1.62. The minimum Gasteiger partial charge on any atom is -0.298 e. The number of carbonyl (C=O) groups is 2. The summed E-state index contributed by atoms with van der Waals surface area (Å²) >= 11 is 16.2. The zero-order valence-electron chi connectivity index (χ0n) is 12.0. The van der Waals surface area contributed by atoms with E-state index in [-0.39, 0.29) is 5.56 Å². The number of rotatable bonds is 2. The van der Waals surface area contributed by atoms with Crippen molar-refractivity contribution in [3.63, 3.8) is 0 Å². The second-order valence-corrected chi connectivity index (χ2v) is 6.66. The van der Waals surface area contributed by atoms with Gasteiger partial charge in [-0.15, -0.1) is 0 Å². The number of benzene rings is 2. The highest BCUT2D eigenvalue weighted by atomic mass is 35.6. The number of ketones is 1. The number of nitrogens with zero attached hydrogens (tertiary/aromatic N) is 2. The third kappa shape index (κ3) is 6.02. The minimum absolute atomic E-state index is 0.212. The highest BCUT2D eigenvalue weighted by Gasteiger charge is 2.31. The molecule has 0 amide bonds. The Balaban J connectivity index is 0.000000254. The maximum atomic E-state index is 11.4. The van der Waals surface area contributed by atoms with Crippen molar-refractivity contribution in [2.75, 3.05) is 0 Å². The topological polar surface area (TPSA) is 81.7 Å². The molecule has 2 rings (SSSR count). The third-order valence-corrected chi connectivity index (χ3v) is 3.18. The molecule has 2 aromatic rings. The Labute approximate surface area is 153 Å². The lowest BCUT2D eigenvalue weighted by Gasteiger charge is -2.08. The smallest absolute Gasteiger partial charge is 0.253 e. The van der Waals surface area contributed by atoms with Gasteiger partial charge in [0.05, 0.1) is 23.3 Å². The van der Waals surface area contributed by atoms with Crippen molar-refractivity contribution in [1.82, 2.24) is 0 Å². The van der Waals surface area contributed by atoms with Crippen LogP contribution in [0.4, 0.5) is 0 Å². The first kappa shape index (κ1) is 19.7. The highest BCUT2D eigenvalue weighted by molar-refractivity contribution is 6.77. The van der Waals surface area contributed by atoms with Crippen LogP contribution in [0, 0.1) is 22.7 Å².